The Labute approximate surface area is 124 Å². The minimum atomic E-state index is 0.253. The highest BCUT2D eigenvalue weighted by Crippen LogP contribution is 2.33. The van der Waals surface area contributed by atoms with Crippen LogP contribution in [0, 0.1) is 0 Å². The van der Waals surface area contributed by atoms with Gasteiger partial charge in [0, 0.05) is 36.6 Å². The van der Waals surface area contributed by atoms with Crippen LogP contribution in [-0.2, 0) is 11.2 Å². The number of Topliss-reactive ketones (excluding diaryl/α,β-unsaturated/α-hetero) is 1. The summed E-state index contributed by atoms with van der Waals surface area (Å²) < 4.78 is 5.31. The molecule has 0 radical (unpaired) electrons. The van der Waals surface area contributed by atoms with E-state index in [1.807, 2.05) is 36.4 Å². The van der Waals surface area contributed by atoms with E-state index in [2.05, 4.69) is 17.4 Å². The number of hydrogen-bond acceptors (Lipinski definition) is 3. The molecule has 3 rings (SSSR count). The predicted octanol–water partition coefficient (Wildman–Crippen LogP) is 3.41. The van der Waals surface area contributed by atoms with Crippen LogP contribution in [0.4, 0.5) is 5.69 Å². The molecule has 1 unspecified atom stereocenters. The van der Waals surface area contributed by atoms with E-state index in [1.165, 1.54) is 5.56 Å². The smallest absolute Gasteiger partial charge is 0.138 e. The van der Waals surface area contributed by atoms with Gasteiger partial charge in [0.2, 0.25) is 0 Å². The van der Waals surface area contributed by atoms with Crippen LogP contribution in [-0.4, -0.2) is 19.4 Å². The largest absolute Gasteiger partial charge is 0.496 e. The highest BCUT2D eigenvalue weighted by molar-refractivity contribution is 5.83. The summed E-state index contributed by atoms with van der Waals surface area (Å²) in [5.41, 5.74) is 3.38. The Morgan fingerprint density at radius 1 is 1.19 bits per heavy atom. The van der Waals surface area contributed by atoms with Crippen molar-refractivity contribution < 1.29 is 9.53 Å². The molecule has 0 aromatic heterocycles. The Bertz CT molecular complexity index is 651. The molecule has 0 aliphatic carbocycles. The molecule has 0 spiro atoms. The van der Waals surface area contributed by atoms with Gasteiger partial charge in [0.15, 0.2) is 0 Å². The lowest BCUT2D eigenvalue weighted by Gasteiger charge is -2.11. The van der Waals surface area contributed by atoms with Gasteiger partial charge in [-0.05, 0) is 17.7 Å². The number of ketones is 1. The molecule has 0 saturated heterocycles. The molecule has 3 nitrogen and oxygen atoms in total. The highest BCUT2D eigenvalue weighted by atomic mass is 16.5. The molecule has 21 heavy (non-hydrogen) atoms. The number of carbonyl (C=O) groups excluding carboxylic acids is 1. The van der Waals surface area contributed by atoms with Crippen LogP contribution >= 0.6 is 0 Å². The minimum absolute atomic E-state index is 0.253. The van der Waals surface area contributed by atoms with Crippen molar-refractivity contribution in [2.75, 3.05) is 19.0 Å². The van der Waals surface area contributed by atoms with Gasteiger partial charge in [0.1, 0.15) is 11.5 Å². The van der Waals surface area contributed by atoms with Crippen LogP contribution in [0.25, 0.3) is 0 Å². The van der Waals surface area contributed by atoms with Gasteiger partial charge in [0.05, 0.1) is 7.11 Å². The Morgan fingerprint density at radius 3 is 2.81 bits per heavy atom. The van der Waals surface area contributed by atoms with E-state index >= 15 is 0 Å². The molecule has 108 valence electrons. The van der Waals surface area contributed by atoms with E-state index in [-0.39, 0.29) is 11.7 Å². The van der Waals surface area contributed by atoms with Crippen molar-refractivity contribution >= 4 is 11.5 Å². The van der Waals surface area contributed by atoms with Crippen LogP contribution in [0.3, 0.4) is 0 Å². The standard InChI is InChI=1S/C18H19NO2/c1-21-18-9-5-2-6-13(18)10-15(20)11-14-12-19-17-8-4-3-7-16(14)17/h2-9,14,19H,10-12H2,1H3. The molecule has 1 heterocycles. The van der Waals surface area contributed by atoms with Gasteiger partial charge < -0.3 is 10.1 Å². The number of hydrogen-bond donors (Lipinski definition) is 1. The number of methoxy groups -OCH3 is 1. The average molecular weight is 281 g/mol. The number of anilines is 1. The molecule has 1 atom stereocenters. The molecule has 0 amide bonds. The summed E-state index contributed by atoms with van der Waals surface area (Å²) >= 11 is 0. The summed E-state index contributed by atoms with van der Waals surface area (Å²) in [6.07, 6.45) is 1.00. The number of carbonyl (C=O) groups is 1. The Kier molecular flexibility index (Phi) is 3.91. The van der Waals surface area contributed by atoms with E-state index < -0.39 is 0 Å². The zero-order valence-corrected chi connectivity index (χ0v) is 12.1. The zero-order valence-electron chi connectivity index (χ0n) is 12.1. The Morgan fingerprint density at radius 2 is 1.95 bits per heavy atom. The first-order chi connectivity index (χ1) is 10.3. The van der Waals surface area contributed by atoms with Crippen molar-refractivity contribution in [3.63, 3.8) is 0 Å². The van der Waals surface area contributed by atoms with Crippen molar-refractivity contribution in [3.05, 3.63) is 59.7 Å². The number of ether oxygens (including phenoxy) is 1. The maximum absolute atomic E-state index is 12.4. The van der Waals surface area contributed by atoms with Crippen LogP contribution in [0.15, 0.2) is 48.5 Å². The van der Waals surface area contributed by atoms with E-state index in [9.17, 15) is 4.79 Å². The van der Waals surface area contributed by atoms with Crippen molar-refractivity contribution in [2.24, 2.45) is 0 Å². The molecule has 3 heteroatoms. The van der Waals surface area contributed by atoms with Gasteiger partial charge in [-0.25, -0.2) is 0 Å². The minimum Gasteiger partial charge on any atom is -0.496 e. The lowest BCUT2D eigenvalue weighted by molar-refractivity contribution is -0.118. The highest BCUT2D eigenvalue weighted by Gasteiger charge is 2.24. The van der Waals surface area contributed by atoms with Crippen LogP contribution in [0.5, 0.6) is 5.75 Å². The second-order valence-corrected chi connectivity index (χ2v) is 5.40. The van der Waals surface area contributed by atoms with Gasteiger partial charge in [0.25, 0.3) is 0 Å². The molecule has 1 aliphatic rings. The number of para-hydroxylation sites is 2. The Hall–Kier alpha value is -2.29. The SMILES string of the molecule is COc1ccccc1CC(=O)CC1CNc2ccccc21. The summed E-state index contributed by atoms with van der Waals surface area (Å²) in [4.78, 5) is 12.4. The topological polar surface area (TPSA) is 38.3 Å². The average Bonchev–Trinajstić information content (AvgIpc) is 2.91. The Balaban J connectivity index is 1.68. The van der Waals surface area contributed by atoms with E-state index in [4.69, 9.17) is 4.74 Å². The maximum Gasteiger partial charge on any atom is 0.138 e. The van der Waals surface area contributed by atoms with E-state index in [0.29, 0.717) is 12.8 Å². The second kappa shape index (κ2) is 6.00. The summed E-state index contributed by atoms with van der Waals surface area (Å²) in [7, 11) is 1.64. The predicted molar refractivity (Wildman–Crippen MR) is 84.0 cm³/mol. The fourth-order valence-electron chi connectivity index (χ4n) is 2.95. The third-order valence-electron chi connectivity index (χ3n) is 3.99. The van der Waals surface area contributed by atoms with Gasteiger partial charge in [-0.3, -0.25) is 4.79 Å². The van der Waals surface area contributed by atoms with Crippen molar-refractivity contribution in [2.45, 2.75) is 18.8 Å². The number of fused-ring (bicyclic) bond motifs is 1. The fourth-order valence-corrected chi connectivity index (χ4v) is 2.95. The lowest BCUT2D eigenvalue weighted by atomic mass is 9.93. The first kappa shape index (κ1) is 13.7. The molecule has 1 N–H and O–H groups in total. The monoisotopic (exact) mass is 281 g/mol. The molecular weight excluding hydrogens is 262 g/mol. The molecule has 0 saturated carbocycles. The first-order valence-corrected chi connectivity index (χ1v) is 7.24. The van der Waals surface area contributed by atoms with Crippen LogP contribution in [0.2, 0.25) is 0 Å². The van der Waals surface area contributed by atoms with Crippen molar-refractivity contribution in [1.82, 2.24) is 0 Å². The van der Waals surface area contributed by atoms with Gasteiger partial charge in [-0.1, -0.05) is 36.4 Å². The van der Waals surface area contributed by atoms with Crippen LogP contribution in [0.1, 0.15) is 23.5 Å². The van der Waals surface area contributed by atoms with E-state index in [1.54, 1.807) is 7.11 Å². The molecular formula is C18H19NO2. The second-order valence-electron chi connectivity index (χ2n) is 5.40. The molecule has 0 bridgehead atoms. The normalized spacial score (nSPS) is 16.1. The third kappa shape index (κ3) is 2.92. The third-order valence-corrected chi connectivity index (χ3v) is 3.99. The maximum atomic E-state index is 12.4. The van der Waals surface area contributed by atoms with Gasteiger partial charge in [-0.2, -0.15) is 0 Å². The summed E-state index contributed by atoms with van der Waals surface area (Å²) in [5, 5.41) is 3.37. The molecule has 0 fully saturated rings. The van der Waals surface area contributed by atoms with Crippen LogP contribution < -0.4 is 10.1 Å². The summed E-state index contributed by atoms with van der Waals surface area (Å²) in [6, 6.07) is 15.9. The number of benzene rings is 2. The van der Waals surface area contributed by atoms with E-state index in [0.717, 1.165) is 23.5 Å². The quantitative estimate of drug-likeness (QED) is 0.912. The van der Waals surface area contributed by atoms with Gasteiger partial charge in [-0.15, -0.1) is 0 Å². The molecule has 2 aromatic carbocycles. The number of nitrogens with one attached hydrogen (secondary N) is 1. The number of rotatable bonds is 5. The molecule has 1 aliphatic heterocycles. The zero-order chi connectivity index (χ0) is 14.7. The van der Waals surface area contributed by atoms with Gasteiger partial charge >= 0.3 is 0 Å². The fraction of sp³-hybridized carbons (Fsp3) is 0.278. The van der Waals surface area contributed by atoms with Crippen molar-refractivity contribution in [3.8, 4) is 5.75 Å². The summed E-state index contributed by atoms with van der Waals surface area (Å²) in [5.74, 6) is 1.32. The lowest BCUT2D eigenvalue weighted by Crippen LogP contribution is -2.11. The van der Waals surface area contributed by atoms with Crippen molar-refractivity contribution in [1.29, 1.82) is 0 Å². The molecule has 2 aromatic rings. The summed E-state index contributed by atoms with van der Waals surface area (Å²) in [6.45, 7) is 0.844. The first-order valence-electron chi connectivity index (χ1n) is 7.24.